The fraction of sp³-hybridized carbons (Fsp3) is 0.150. The number of H-pyrrole nitrogens is 1. The van der Waals surface area contributed by atoms with Crippen LogP contribution in [0.2, 0.25) is 10.0 Å². The van der Waals surface area contributed by atoms with E-state index in [4.69, 9.17) is 38.1 Å². The Balaban J connectivity index is 1.94. The lowest BCUT2D eigenvalue weighted by Crippen LogP contribution is -2.30. The molecule has 4 rings (SSSR count). The average Bonchev–Trinajstić information content (AvgIpc) is 3.12. The number of fused-ring (bicyclic) bond motifs is 1. The summed E-state index contributed by atoms with van der Waals surface area (Å²) < 4.78 is 10.7. The number of rotatable bonds is 3. The number of nitrogens with one attached hydrogen (secondary N) is 2. The number of aromatic hydroxyl groups is 1. The molecule has 0 spiro atoms. The molecule has 2 unspecified atom stereocenters. The van der Waals surface area contributed by atoms with Gasteiger partial charge in [0.25, 0.3) is 0 Å². The fourth-order valence-electron chi connectivity index (χ4n) is 3.44. The Bertz CT molecular complexity index is 1170. The van der Waals surface area contributed by atoms with Gasteiger partial charge in [-0.15, -0.1) is 5.10 Å². The topological polar surface area (TPSA) is 115 Å². The van der Waals surface area contributed by atoms with Gasteiger partial charge in [-0.05, 0) is 29.8 Å². The Morgan fingerprint density at radius 1 is 1.24 bits per heavy atom. The number of nitriles is 1. The summed E-state index contributed by atoms with van der Waals surface area (Å²) in [7, 11) is 1.44. The van der Waals surface area contributed by atoms with Crippen LogP contribution in [0.1, 0.15) is 17.0 Å². The van der Waals surface area contributed by atoms with Gasteiger partial charge in [-0.25, -0.2) is 0 Å². The molecule has 1 aliphatic rings. The van der Waals surface area contributed by atoms with E-state index in [1.54, 1.807) is 30.3 Å². The van der Waals surface area contributed by atoms with Crippen LogP contribution in [0, 0.1) is 22.7 Å². The summed E-state index contributed by atoms with van der Waals surface area (Å²) in [5, 5.41) is 35.8. The van der Waals surface area contributed by atoms with Gasteiger partial charge in [-0.2, -0.15) is 5.26 Å². The van der Waals surface area contributed by atoms with Crippen LogP contribution in [0.15, 0.2) is 36.4 Å². The standard InChI is InChI=1S/C20H14Cl2N4O3/c1-28-15-7-9(3-5-14(15)27)16-11(8-23)19(24)29-20-17(16)18(25-26-20)10-2-4-12(21)13(22)6-10/h2-7,11,16,24,27H,1H3,(H,25,26). The third-order valence-corrected chi connectivity index (χ3v) is 5.55. The molecule has 2 heterocycles. The second kappa shape index (κ2) is 7.32. The molecule has 7 nitrogen and oxygen atoms in total. The SMILES string of the molecule is COc1cc(C2c3c(n[nH]c3-c3ccc(Cl)c(Cl)c3)OC(=N)C2C#N)ccc1O. The molecule has 0 radical (unpaired) electrons. The van der Waals surface area contributed by atoms with Crippen LogP contribution in [-0.4, -0.2) is 28.3 Å². The first-order chi connectivity index (χ1) is 13.9. The average molecular weight is 429 g/mol. The van der Waals surface area contributed by atoms with Crippen molar-refractivity contribution in [3.8, 4) is 34.7 Å². The van der Waals surface area contributed by atoms with Crippen LogP contribution in [-0.2, 0) is 0 Å². The zero-order valence-corrected chi connectivity index (χ0v) is 16.5. The van der Waals surface area contributed by atoms with Gasteiger partial charge >= 0.3 is 0 Å². The molecule has 2 atom stereocenters. The lowest BCUT2D eigenvalue weighted by Gasteiger charge is -2.28. The molecule has 0 amide bonds. The number of aromatic amines is 1. The first-order valence-electron chi connectivity index (χ1n) is 8.51. The molecule has 3 N–H and O–H groups in total. The molecule has 0 fully saturated rings. The minimum absolute atomic E-state index is 0.0241. The van der Waals surface area contributed by atoms with E-state index in [1.165, 1.54) is 13.2 Å². The maximum atomic E-state index is 9.95. The van der Waals surface area contributed by atoms with Crippen molar-refractivity contribution in [3.63, 3.8) is 0 Å². The van der Waals surface area contributed by atoms with E-state index in [-0.39, 0.29) is 23.3 Å². The number of nitrogens with zero attached hydrogens (tertiary/aromatic N) is 2. The van der Waals surface area contributed by atoms with Crippen molar-refractivity contribution in [2.45, 2.75) is 5.92 Å². The number of ether oxygens (including phenoxy) is 2. The molecule has 146 valence electrons. The van der Waals surface area contributed by atoms with Crippen LogP contribution >= 0.6 is 23.2 Å². The number of hydrogen-bond donors (Lipinski definition) is 3. The lowest BCUT2D eigenvalue weighted by atomic mass is 9.78. The number of hydrogen-bond acceptors (Lipinski definition) is 6. The van der Waals surface area contributed by atoms with Gasteiger partial charge in [0.2, 0.25) is 11.8 Å². The summed E-state index contributed by atoms with van der Waals surface area (Å²) >= 11 is 12.2. The maximum absolute atomic E-state index is 9.95. The summed E-state index contributed by atoms with van der Waals surface area (Å²) in [5.74, 6) is -1.23. The molecule has 1 aliphatic heterocycles. The molecule has 0 bridgehead atoms. The third kappa shape index (κ3) is 3.16. The molecule has 9 heteroatoms. The van der Waals surface area contributed by atoms with Crippen molar-refractivity contribution < 1.29 is 14.6 Å². The second-order valence-corrected chi connectivity index (χ2v) is 7.24. The van der Waals surface area contributed by atoms with Crippen molar-refractivity contribution in [2.75, 3.05) is 7.11 Å². The van der Waals surface area contributed by atoms with Crippen LogP contribution < -0.4 is 9.47 Å². The van der Waals surface area contributed by atoms with Crippen molar-refractivity contribution in [2.24, 2.45) is 5.92 Å². The van der Waals surface area contributed by atoms with E-state index in [9.17, 15) is 10.4 Å². The predicted molar refractivity (Wildman–Crippen MR) is 108 cm³/mol. The first-order valence-corrected chi connectivity index (χ1v) is 9.26. The number of aromatic nitrogens is 2. The smallest absolute Gasteiger partial charge is 0.244 e. The van der Waals surface area contributed by atoms with Crippen molar-refractivity contribution in [1.29, 1.82) is 10.7 Å². The zero-order chi connectivity index (χ0) is 20.7. The lowest BCUT2D eigenvalue weighted by molar-refractivity contribution is 0.372. The summed E-state index contributed by atoms with van der Waals surface area (Å²) in [6.45, 7) is 0. The monoisotopic (exact) mass is 428 g/mol. The summed E-state index contributed by atoms with van der Waals surface area (Å²) in [4.78, 5) is 0. The maximum Gasteiger partial charge on any atom is 0.244 e. The van der Waals surface area contributed by atoms with Crippen molar-refractivity contribution in [3.05, 3.63) is 57.6 Å². The summed E-state index contributed by atoms with van der Waals surface area (Å²) in [5.41, 5.74) is 2.59. The Hall–Kier alpha value is -3.21. The molecular weight excluding hydrogens is 415 g/mol. The van der Waals surface area contributed by atoms with Crippen molar-refractivity contribution in [1.82, 2.24) is 10.2 Å². The van der Waals surface area contributed by atoms with Gasteiger partial charge < -0.3 is 14.6 Å². The minimum Gasteiger partial charge on any atom is -0.504 e. The Kier molecular flexibility index (Phi) is 4.82. The van der Waals surface area contributed by atoms with E-state index in [2.05, 4.69) is 16.3 Å². The highest BCUT2D eigenvalue weighted by Gasteiger charge is 2.41. The van der Waals surface area contributed by atoms with Crippen LogP contribution in [0.25, 0.3) is 11.3 Å². The molecule has 29 heavy (non-hydrogen) atoms. The quantitative estimate of drug-likeness (QED) is 0.556. The fourth-order valence-corrected chi connectivity index (χ4v) is 3.74. The molecule has 0 saturated heterocycles. The molecular formula is C20H14Cl2N4O3. The van der Waals surface area contributed by atoms with Gasteiger partial charge in [0.15, 0.2) is 11.5 Å². The molecule has 0 aliphatic carbocycles. The van der Waals surface area contributed by atoms with E-state index in [1.807, 2.05) is 0 Å². The first kappa shape index (κ1) is 19.1. The van der Waals surface area contributed by atoms with Gasteiger partial charge in [0.05, 0.1) is 34.5 Å². The van der Waals surface area contributed by atoms with Crippen LogP contribution in [0.3, 0.4) is 0 Å². The number of benzene rings is 2. The number of phenols is 1. The number of phenolic OH excluding ortho intramolecular Hbond substituents is 1. The number of methoxy groups -OCH3 is 1. The summed E-state index contributed by atoms with van der Waals surface area (Å²) in [6, 6.07) is 12.1. The number of halogens is 2. The molecule has 0 saturated carbocycles. The molecule has 2 aromatic carbocycles. The van der Waals surface area contributed by atoms with Gasteiger partial charge in [-0.1, -0.05) is 35.3 Å². The Morgan fingerprint density at radius 2 is 2.03 bits per heavy atom. The van der Waals surface area contributed by atoms with Crippen LogP contribution in [0.5, 0.6) is 17.4 Å². The third-order valence-electron chi connectivity index (χ3n) is 4.81. The molecule has 1 aromatic heterocycles. The second-order valence-electron chi connectivity index (χ2n) is 6.43. The van der Waals surface area contributed by atoms with E-state index in [0.717, 1.165) is 0 Å². The highest BCUT2D eigenvalue weighted by molar-refractivity contribution is 6.42. The molecule has 3 aromatic rings. The van der Waals surface area contributed by atoms with Crippen LogP contribution in [0.4, 0.5) is 0 Å². The van der Waals surface area contributed by atoms with Gasteiger partial charge in [-0.3, -0.25) is 10.5 Å². The normalized spacial score (nSPS) is 17.9. The zero-order valence-electron chi connectivity index (χ0n) is 15.0. The predicted octanol–water partition coefficient (Wildman–Crippen LogP) is 4.74. The largest absolute Gasteiger partial charge is 0.504 e. The minimum atomic E-state index is -0.893. The van der Waals surface area contributed by atoms with Gasteiger partial charge in [0.1, 0.15) is 5.92 Å². The van der Waals surface area contributed by atoms with E-state index >= 15 is 0 Å². The Labute approximate surface area is 175 Å². The van der Waals surface area contributed by atoms with E-state index in [0.29, 0.717) is 32.4 Å². The summed E-state index contributed by atoms with van der Waals surface area (Å²) in [6.07, 6.45) is 0. The Morgan fingerprint density at radius 3 is 2.72 bits per heavy atom. The highest BCUT2D eigenvalue weighted by Crippen LogP contribution is 2.47. The highest BCUT2D eigenvalue weighted by atomic mass is 35.5. The van der Waals surface area contributed by atoms with Crippen molar-refractivity contribution >= 4 is 29.1 Å². The van der Waals surface area contributed by atoms with E-state index < -0.39 is 11.8 Å². The van der Waals surface area contributed by atoms with Gasteiger partial charge in [0, 0.05) is 11.5 Å².